The molecule has 1 aliphatic heterocycles. The van der Waals surface area contributed by atoms with Crippen LogP contribution in [0.25, 0.3) is 11.1 Å². The average molecular weight is 479 g/mol. The average Bonchev–Trinajstić information content (AvgIpc) is 3.29. The maximum atomic E-state index is 12.7. The zero-order valence-corrected chi connectivity index (χ0v) is 19.0. The number of nitrogens with one attached hydrogen (secondary N) is 2. The highest BCUT2D eigenvalue weighted by Gasteiger charge is 2.38. The molecule has 3 N–H and O–H groups in total. The summed E-state index contributed by atoms with van der Waals surface area (Å²) in [5.41, 5.74) is 4.18. The number of benzene rings is 2. The van der Waals surface area contributed by atoms with E-state index >= 15 is 0 Å². The SMILES string of the molecule is CN1C(=O)CC(NC(=O)C(CCC(=O)O)NC(=O)OCC2c3ccccc3-c3ccccc32)C1=O. The summed E-state index contributed by atoms with van der Waals surface area (Å²) in [6.45, 7) is 0.0214. The lowest BCUT2D eigenvalue weighted by Gasteiger charge is -2.20. The van der Waals surface area contributed by atoms with Gasteiger partial charge in [0.15, 0.2) is 0 Å². The summed E-state index contributed by atoms with van der Waals surface area (Å²) in [6.07, 6.45) is -1.68. The molecule has 2 unspecified atom stereocenters. The number of nitrogens with zero attached hydrogens (tertiary/aromatic N) is 1. The van der Waals surface area contributed by atoms with Gasteiger partial charge in [0, 0.05) is 19.4 Å². The van der Waals surface area contributed by atoms with Gasteiger partial charge in [0.05, 0.1) is 6.42 Å². The lowest BCUT2D eigenvalue weighted by Crippen LogP contribution is -2.51. The van der Waals surface area contributed by atoms with Crippen LogP contribution in [-0.2, 0) is 23.9 Å². The van der Waals surface area contributed by atoms with E-state index in [1.807, 2.05) is 48.5 Å². The minimum absolute atomic E-state index is 0.0214. The lowest BCUT2D eigenvalue weighted by atomic mass is 9.98. The van der Waals surface area contributed by atoms with E-state index in [0.29, 0.717) is 0 Å². The summed E-state index contributed by atoms with van der Waals surface area (Å²) in [5.74, 6) is -3.10. The molecular formula is C25H25N3O7. The molecule has 2 aliphatic rings. The van der Waals surface area contributed by atoms with Crippen molar-refractivity contribution in [1.29, 1.82) is 0 Å². The molecule has 2 aromatic rings. The number of hydrogen-bond donors (Lipinski definition) is 3. The summed E-state index contributed by atoms with van der Waals surface area (Å²) >= 11 is 0. The van der Waals surface area contributed by atoms with Gasteiger partial charge in [-0.1, -0.05) is 48.5 Å². The fraction of sp³-hybridized carbons (Fsp3) is 0.320. The second-order valence-corrected chi connectivity index (χ2v) is 8.51. The fourth-order valence-corrected chi connectivity index (χ4v) is 4.46. The monoisotopic (exact) mass is 479 g/mol. The molecule has 0 radical (unpaired) electrons. The zero-order chi connectivity index (χ0) is 25.1. The number of rotatable bonds is 8. The van der Waals surface area contributed by atoms with Gasteiger partial charge in [-0.3, -0.25) is 24.1 Å². The minimum atomic E-state index is -1.25. The standard InChI is InChI=1S/C25H25N3O7/c1-28-21(29)12-20(24(28)33)26-23(32)19(10-11-22(30)31)27-25(34)35-13-18-16-8-4-2-6-14(16)15-7-3-5-9-17(15)18/h2-9,18-20H,10-13H2,1H3,(H,26,32)(H,27,34)(H,30,31). The Balaban J connectivity index is 1.41. The first-order chi connectivity index (χ1) is 16.8. The van der Waals surface area contributed by atoms with Crippen molar-refractivity contribution in [3.8, 4) is 11.1 Å². The molecule has 2 atom stereocenters. The van der Waals surface area contributed by atoms with Gasteiger partial charge in [-0.05, 0) is 28.7 Å². The van der Waals surface area contributed by atoms with Crippen molar-refractivity contribution in [2.45, 2.75) is 37.3 Å². The van der Waals surface area contributed by atoms with Crippen LogP contribution in [-0.4, -0.2) is 65.5 Å². The molecule has 10 nitrogen and oxygen atoms in total. The van der Waals surface area contributed by atoms with E-state index in [2.05, 4.69) is 10.6 Å². The number of aliphatic carboxylic acids is 1. The Labute approximate surface area is 201 Å². The molecule has 4 rings (SSSR count). The fourth-order valence-electron chi connectivity index (χ4n) is 4.46. The highest BCUT2D eigenvalue weighted by atomic mass is 16.5. The van der Waals surface area contributed by atoms with E-state index in [4.69, 9.17) is 9.84 Å². The molecule has 0 bridgehead atoms. The van der Waals surface area contributed by atoms with Gasteiger partial charge in [-0.15, -0.1) is 0 Å². The van der Waals surface area contributed by atoms with Crippen molar-refractivity contribution in [1.82, 2.24) is 15.5 Å². The lowest BCUT2D eigenvalue weighted by molar-refractivity contribution is -0.139. The van der Waals surface area contributed by atoms with Crippen molar-refractivity contribution < 1.29 is 33.8 Å². The number of fused-ring (bicyclic) bond motifs is 3. The Morgan fingerprint density at radius 3 is 2.20 bits per heavy atom. The Kier molecular flexibility index (Phi) is 6.81. The molecule has 0 spiro atoms. The highest BCUT2D eigenvalue weighted by molar-refractivity contribution is 6.07. The summed E-state index contributed by atoms with van der Waals surface area (Å²) in [7, 11) is 1.31. The van der Waals surface area contributed by atoms with Gasteiger partial charge >= 0.3 is 12.1 Å². The molecule has 35 heavy (non-hydrogen) atoms. The number of likely N-dealkylation sites (N-methyl/N-ethyl adjacent to an activating group) is 1. The quantitative estimate of drug-likeness (QED) is 0.489. The largest absolute Gasteiger partial charge is 0.481 e. The number of carbonyl (C=O) groups is 5. The molecule has 2 aromatic carbocycles. The first kappa shape index (κ1) is 23.9. The number of amides is 4. The molecule has 1 heterocycles. The van der Waals surface area contributed by atoms with Crippen LogP contribution in [0.4, 0.5) is 4.79 Å². The molecule has 0 saturated carbocycles. The number of imide groups is 1. The smallest absolute Gasteiger partial charge is 0.407 e. The number of hydrogen-bond acceptors (Lipinski definition) is 6. The normalized spacial score (nSPS) is 17.5. The molecule has 4 amide bonds. The molecule has 1 saturated heterocycles. The van der Waals surface area contributed by atoms with Crippen molar-refractivity contribution in [3.63, 3.8) is 0 Å². The van der Waals surface area contributed by atoms with Crippen molar-refractivity contribution in [2.75, 3.05) is 13.7 Å². The first-order valence-electron chi connectivity index (χ1n) is 11.2. The molecule has 1 fully saturated rings. The summed E-state index contributed by atoms with van der Waals surface area (Å²) < 4.78 is 5.45. The van der Waals surface area contributed by atoms with E-state index < -0.39 is 41.9 Å². The highest BCUT2D eigenvalue weighted by Crippen LogP contribution is 2.44. The first-order valence-corrected chi connectivity index (χ1v) is 11.2. The van der Waals surface area contributed by atoms with Crippen LogP contribution in [0.2, 0.25) is 0 Å². The van der Waals surface area contributed by atoms with Crippen LogP contribution in [0.5, 0.6) is 0 Å². The maximum absolute atomic E-state index is 12.7. The summed E-state index contributed by atoms with van der Waals surface area (Å²) in [4.78, 5) is 61.1. The van der Waals surface area contributed by atoms with Gasteiger partial charge in [0.2, 0.25) is 11.8 Å². The van der Waals surface area contributed by atoms with Crippen LogP contribution < -0.4 is 10.6 Å². The number of ether oxygens (including phenoxy) is 1. The van der Waals surface area contributed by atoms with Crippen molar-refractivity contribution >= 4 is 29.8 Å². The predicted octanol–water partition coefficient (Wildman–Crippen LogP) is 1.63. The summed E-state index contributed by atoms with van der Waals surface area (Å²) in [6, 6.07) is 13.4. The van der Waals surface area contributed by atoms with E-state index in [1.165, 1.54) is 7.05 Å². The number of alkyl carbamates (subject to hydrolysis) is 1. The number of carboxylic acids is 1. The van der Waals surface area contributed by atoms with Crippen LogP contribution >= 0.6 is 0 Å². The Morgan fingerprint density at radius 1 is 1.06 bits per heavy atom. The summed E-state index contributed by atoms with van der Waals surface area (Å²) in [5, 5.41) is 13.9. The second-order valence-electron chi connectivity index (χ2n) is 8.51. The van der Waals surface area contributed by atoms with Gasteiger partial charge in [-0.2, -0.15) is 0 Å². The van der Waals surface area contributed by atoms with Gasteiger partial charge < -0.3 is 20.5 Å². The van der Waals surface area contributed by atoms with Crippen LogP contribution in [0.1, 0.15) is 36.3 Å². The molecule has 0 aromatic heterocycles. The van der Waals surface area contributed by atoms with E-state index in [-0.39, 0.29) is 31.8 Å². The Morgan fingerprint density at radius 2 is 1.66 bits per heavy atom. The molecule has 182 valence electrons. The topological polar surface area (TPSA) is 142 Å². The third kappa shape index (κ3) is 5.01. The molecule has 1 aliphatic carbocycles. The molecular weight excluding hydrogens is 454 g/mol. The second kappa shape index (κ2) is 9.96. The Hall–Kier alpha value is -4.21. The van der Waals surface area contributed by atoms with E-state index in [9.17, 15) is 24.0 Å². The van der Waals surface area contributed by atoms with Crippen LogP contribution in [0.3, 0.4) is 0 Å². The van der Waals surface area contributed by atoms with E-state index in [0.717, 1.165) is 27.2 Å². The number of carboxylic acid groups (broad SMARTS) is 1. The van der Waals surface area contributed by atoms with Gasteiger partial charge in [0.1, 0.15) is 18.7 Å². The number of likely N-dealkylation sites (tertiary alicyclic amines) is 1. The van der Waals surface area contributed by atoms with E-state index in [1.54, 1.807) is 0 Å². The van der Waals surface area contributed by atoms with Gasteiger partial charge in [-0.25, -0.2) is 4.79 Å². The number of carbonyl (C=O) groups excluding carboxylic acids is 4. The van der Waals surface area contributed by atoms with Crippen LogP contribution in [0, 0.1) is 0 Å². The third-order valence-corrected chi connectivity index (χ3v) is 6.30. The van der Waals surface area contributed by atoms with Crippen molar-refractivity contribution in [3.05, 3.63) is 59.7 Å². The zero-order valence-electron chi connectivity index (χ0n) is 19.0. The predicted molar refractivity (Wildman–Crippen MR) is 123 cm³/mol. The van der Waals surface area contributed by atoms with Gasteiger partial charge in [0.25, 0.3) is 5.91 Å². The van der Waals surface area contributed by atoms with Crippen LogP contribution in [0.15, 0.2) is 48.5 Å². The minimum Gasteiger partial charge on any atom is -0.481 e. The molecule has 10 heteroatoms. The maximum Gasteiger partial charge on any atom is 0.407 e. The Bertz CT molecular complexity index is 1150. The third-order valence-electron chi connectivity index (χ3n) is 6.30. The van der Waals surface area contributed by atoms with Crippen molar-refractivity contribution in [2.24, 2.45) is 0 Å².